The highest BCUT2D eigenvalue weighted by Crippen LogP contribution is 2.28. The normalized spacial score (nSPS) is 17.2. The SMILES string of the molecule is Cc1ccc(S(=O)(=O)N2C(=O)CC[C@H]2C(=O)Nc2ccc(C)c(F)c2)cc1. The molecule has 1 N–H and O–H groups in total. The van der Waals surface area contributed by atoms with E-state index in [9.17, 15) is 22.4 Å². The Morgan fingerprint density at radius 3 is 2.44 bits per heavy atom. The van der Waals surface area contributed by atoms with Gasteiger partial charge in [0.15, 0.2) is 0 Å². The van der Waals surface area contributed by atoms with Gasteiger partial charge in [0.1, 0.15) is 11.9 Å². The van der Waals surface area contributed by atoms with Gasteiger partial charge in [0.05, 0.1) is 4.90 Å². The number of nitrogens with one attached hydrogen (secondary N) is 1. The van der Waals surface area contributed by atoms with Crippen LogP contribution in [0.3, 0.4) is 0 Å². The zero-order valence-corrected chi connectivity index (χ0v) is 15.7. The largest absolute Gasteiger partial charge is 0.324 e. The molecule has 8 heteroatoms. The number of hydrogen-bond donors (Lipinski definition) is 1. The van der Waals surface area contributed by atoms with Gasteiger partial charge in [-0.05, 0) is 50.1 Å². The van der Waals surface area contributed by atoms with Gasteiger partial charge in [-0.25, -0.2) is 17.1 Å². The molecule has 0 unspecified atom stereocenters. The predicted molar refractivity (Wildman–Crippen MR) is 98.0 cm³/mol. The van der Waals surface area contributed by atoms with E-state index in [1.807, 2.05) is 6.92 Å². The van der Waals surface area contributed by atoms with E-state index in [0.717, 1.165) is 11.6 Å². The molecule has 2 aromatic carbocycles. The Kier molecular flexibility index (Phi) is 5.01. The van der Waals surface area contributed by atoms with Crippen LogP contribution in [0.15, 0.2) is 47.4 Å². The maximum Gasteiger partial charge on any atom is 0.267 e. The molecule has 6 nitrogen and oxygen atoms in total. The topological polar surface area (TPSA) is 83.6 Å². The third-order valence-corrected chi connectivity index (χ3v) is 6.32. The number of carbonyl (C=O) groups excluding carboxylic acids is 2. The first kappa shape index (κ1) is 19.0. The minimum absolute atomic E-state index is 0.0502. The van der Waals surface area contributed by atoms with Crippen LogP contribution >= 0.6 is 0 Å². The van der Waals surface area contributed by atoms with Crippen molar-refractivity contribution in [1.82, 2.24) is 4.31 Å². The van der Waals surface area contributed by atoms with Gasteiger partial charge in [0.2, 0.25) is 11.8 Å². The van der Waals surface area contributed by atoms with Crippen molar-refractivity contribution in [1.29, 1.82) is 0 Å². The van der Waals surface area contributed by atoms with E-state index in [4.69, 9.17) is 0 Å². The van der Waals surface area contributed by atoms with Crippen LogP contribution < -0.4 is 5.32 Å². The summed E-state index contributed by atoms with van der Waals surface area (Å²) in [6.45, 7) is 3.40. The molecule has 1 atom stereocenters. The molecule has 2 amide bonds. The minimum Gasteiger partial charge on any atom is -0.324 e. The number of rotatable bonds is 4. The lowest BCUT2D eigenvalue weighted by Gasteiger charge is -2.23. The number of sulfonamides is 1. The predicted octanol–water partition coefficient (Wildman–Crippen LogP) is 2.76. The molecule has 1 saturated heterocycles. The third-order valence-electron chi connectivity index (χ3n) is 4.48. The summed E-state index contributed by atoms with van der Waals surface area (Å²) in [6.07, 6.45) is 0.0234. The van der Waals surface area contributed by atoms with Crippen molar-refractivity contribution < 1.29 is 22.4 Å². The number of amides is 2. The second kappa shape index (κ2) is 7.11. The molecule has 3 rings (SSSR count). The lowest BCUT2D eigenvalue weighted by molar-refractivity contribution is -0.128. The maximum absolute atomic E-state index is 13.7. The first-order chi connectivity index (χ1) is 12.7. The van der Waals surface area contributed by atoms with Crippen LogP contribution in [-0.4, -0.2) is 30.6 Å². The highest BCUT2D eigenvalue weighted by atomic mass is 32.2. The highest BCUT2D eigenvalue weighted by Gasteiger charge is 2.44. The van der Waals surface area contributed by atoms with Gasteiger partial charge in [-0.2, -0.15) is 0 Å². The van der Waals surface area contributed by atoms with Crippen molar-refractivity contribution in [2.24, 2.45) is 0 Å². The zero-order chi connectivity index (χ0) is 19.8. The number of anilines is 1. The molecule has 0 radical (unpaired) electrons. The van der Waals surface area contributed by atoms with Crippen LogP contribution in [0.25, 0.3) is 0 Å². The van der Waals surface area contributed by atoms with E-state index in [1.165, 1.54) is 24.3 Å². The second-order valence-electron chi connectivity index (χ2n) is 6.52. The Balaban J connectivity index is 1.88. The summed E-state index contributed by atoms with van der Waals surface area (Å²) in [7, 11) is -4.16. The van der Waals surface area contributed by atoms with Crippen LogP contribution in [-0.2, 0) is 19.6 Å². The Morgan fingerprint density at radius 2 is 1.81 bits per heavy atom. The van der Waals surface area contributed by atoms with Crippen LogP contribution in [0.4, 0.5) is 10.1 Å². The van der Waals surface area contributed by atoms with Crippen molar-refractivity contribution in [3.05, 3.63) is 59.4 Å². The molecular formula is C19H19FN2O4S. The molecule has 0 bridgehead atoms. The second-order valence-corrected chi connectivity index (χ2v) is 8.33. The van der Waals surface area contributed by atoms with Gasteiger partial charge >= 0.3 is 0 Å². The van der Waals surface area contributed by atoms with Gasteiger partial charge in [-0.1, -0.05) is 23.8 Å². The standard InChI is InChI=1S/C19H19FN2O4S/c1-12-3-7-15(8-4-12)27(25,26)22-17(9-10-18(22)23)19(24)21-14-6-5-13(2)16(20)11-14/h3-8,11,17H,9-10H2,1-2H3,(H,21,24)/t17-/m0/s1. The molecule has 0 aromatic heterocycles. The number of carbonyl (C=O) groups is 2. The summed E-state index contributed by atoms with van der Waals surface area (Å²) in [6, 6.07) is 9.06. The van der Waals surface area contributed by atoms with E-state index in [1.54, 1.807) is 19.1 Å². The first-order valence-corrected chi connectivity index (χ1v) is 9.85. The van der Waals surface area contributed by atoms with Crippen LogP contribution in [0.1, 0.15) is 24.0 Å². The first-order valence-electron chi connectivity index (χ1n) is 8.41. The molecule has 142 valence electrons. The zero-order valence-electron chi connectivity index (χ0n) is 14.9. The Labute approximate surface area is 157 Å². The molecule has 0 spiro atoms. The smallest absolute Gasteiger partial charge is 0.267 e. The summed E-state index contributed by atoms with van der Waals surface area (Å²) in [5.41, 5.74) is 1.50. The molecule has 1 heterocycles. The third kappa shape index (κ3) is 3.71. The van der Waals surface area contributed by atoms with Crippen molar-refractivity contribution in [3.63, 3.8) is 0 Å². The number of hydrogen-bond acceptors (Lipinski definition) is 4. The molecule has 27 heavy (non-hydrogen) atoms. The molecule has 0 saturated carbocycles. The summed E-state index contributed by atoms with van der Waals surface area (Å²) < 4.78 is 40.1. The molecule has 1 fully saturated rings. The van der Waals surface area contributed by atoms with E-state index < -0.39 is 33.7 Å². The number of benzene rings is 2. The Bertz CT molecular complexity index is 1000. The van der Waals surface area contributed by atoms with E-state index in [-0.39, 0.29) is 23.4 Å². The minimum atomic E-state index is -4.16. The molecule has 1 aliphatic rings. The average Bonchev–Trinajstić information content (AvgIpc) is 3.01. The number of nitrogens with zero attached hydrogens (tertiary/aromatic N) is 1. The molecule has 1 aliphatic heterocycles. The molecular weight excluding hydrogens is 371 g/mol. The lowest BCUT2D eigenvalue weighted by Crippen LogP contribution is -2.45. The van der Waals surface area contributed by atoms with Crippen LogP contribution in [0.5, 0.6) is 0 Å². The summed E-state index contributed by atoms with van der Waals surface area (Å²) in [5, 5.41) is 2.50. The summed E-state index contributed by atoms with van der Waals surface area (Å²) in [5.74, 6) is -1.79. The van der Waals surface area contributed by atoms with E-state index in [2.05, 4.69) is 5.32 Å². The van der Waals surface area contributed by atoms with Crippen molar-refractivity contribution in [2.75, 3.05) is 5.32 Å². The fourth-order valence-electron chi connectivity index (χ4n) is 2.92. The van der Waals surface area contributed by atoms with Gasteiger partial charge in [0.25, 0.3) is 10.0 Å². The van der Waals surface area contributed by atoms with Crippen LogP contribution in [0, 0.1) is 19.7 Å². The Hall–Kier alpha value is -2.74. The van der Waals surface area contributed by atoms with Crippen molar-refractivity contribution in [2.45, 2.75) is 37.6 Å². The molecule has 2 aromatic rings. The molecule has 0 aliphatic carbocycles. The Morgan fingerprint density at radius 1 is 1.15 bits per heavy atom. The highest BCUT2D eigenvalue weighted by molar-refractivity contribution is 7.89. The van der Waals surface area contributed by atoms with Crippen molar-refractivity contribution >= 4 is 27.5 Å². The lowest BCUT2D eigenvalue weighted by atomic mass is 10.2. The van der Waals surface area contributed by atoms with Crippen molar-refractivity contribution in [3.8, 4) is 0 Å². The van der Waals surface area contributed by atoms with Gasteiger partial charge in [-0.3, -0.25) is 9.59 Å². The number of halogens is 1. The van der Waals surface area contributed by atoms with Gasteiger partial charge < -0.3 is 5.32 Å². The fraction of sp³-hybridized carbons (Fsp3) is 0.263. The maximum atomic E-state index is 13.7. The van der Waals surface area contributed by atoms with Crippen LogP contribution in [0.2, 0.25) is 0 Å². The fourth-order valence-corrected chi connectivity index (χ4v) is 4.52. The number of aryl methyl sites for hydroxylation is 2. The van der Waals surface area contributed by atoms with E-state index in [0.29, 0.717) is 9.87 Å². The summed E-state index contributed by atoms with van der Waals surface area (Å²) in [4.78, 5) is 24.8. The van der Waals surface area contributed by atoms with Gasteiger partial charge in [0, 0.05) is 12.1 Å². The van der Waals surface area contributed by atoms with E-state index >= 15 is 0 Å². The average molecular weight is 390 g/mol. The summed E-state index contributed by atoms with van der Waals surface area (Å²) >= 11 is 0. The quantitative estimate of drug-likeness (QED) is 0.870. The van der Waals surface area contributed by atoms with Gasteiger partial charge in [-0.15, -0.1) is 0 Å². The monoisotopic (exact) mass is 390 g/mol.